The zero-order chi connectivity index (χ0) is 19.4. The van der Waals surface area contributed by atoms with Crippen molar-refractivity contribution in [3.05, 3.63) is 92.6 Å². The minimum atomic E-state index is -0.385. The van der Waals surface area contributed by atoms with E-state index in [1.54, 1.807) is 30.8 Å². The summed E-state index contributed by atoms with van der Waals surface area (Å²) in [7, 11) is 0. The number of halogens is 1. The molecule has 2 aromatic carbocycles. The number of nitrogens with zero attached hydrogens (tertiary/aromatic N) is 1. The summed E-state index contributed by atoms with van der Waals surface area (Å²) in [5, 5.41) is 14.6. The Labute approximate surface area is 168 Å². The van der Waals surface area contributed by atoms with Crippen LogP contribution in [-0.2, 0) is 10.5 Å². The molecular formula is C22H19ClN2OS. The number of ketones is 1. The lowest BCUT2D eigenvalue weighted by atomic mass is 9.81. The summed E-state index contributed by atoms with van der Waals surface area (Å²) in [6, 6.07) is 19.8. The van der Waals surface area contributed by atoms with Crippen LogP contribution in [0.3, 0.4) is 0 Å². The number of thioether (sulfide) groups is 1. The largest absolute Gasteiger partial charge is 0.353 e. The molecule has 1 heterocycles. The van der Waals surface area contributed by atoms with Gasteiger partial charge in [0.05, 0.1) is 22.6 Å². The van der Waals surface area contributed by atoms with Crippen molar-refractivity contribution in [2.45, 2.75) is 25.5 Å². The highest BCUT2D eigenvalue weighted by Crippen LogP contribution is 2.41. The lowest BCUT2D eigenvalue weighted by Gasteiger charge is -2.29. The molecule has 1 aliphatic rings. The summed E-state index contributed by atoms with van der Waals surface area (Å²) in [5.74, 6) is 0.314. The minimum absolute atomic E-state index is 0.0418. The maximum absolute atomic E-state index is 12.3. The van der Waals surface area contributed by atoms with Crippen molar-refractivity contribution in [2.75, 3.05) is 0 Å². The van der Waals surface area contributed by atoms with Gasteiger partial charge in [-0.2, -0.15) is 5.26 Å². The van der Waals surface area contributed by atoms with E-state index in [0.29, 0.717) is 16.2 Å². The summed E-state index contributed by atoms with van der Waals surface area (Å²) < 4.78 is 0. The van der Waals surface area contributed by atoms with Crippen LogP contribution in [0, 0.1) is 11.3 Å². The highest BCUT2D eigenvalue weighted by molar-refractivity contribution is 8.02. The van der Waals surface area contributed by atoms with Crippen molar-refractivity contribution in [3.8, 4) is 6.07 Å². The Balaban J connectivity index is 2.02. The van der Waals surface area contributed by atoms with E-state index in [9.17, 15) is 10.1 Å². The van der Waals surface area contributed by atoms with Gasteiger partial charge >= 0.3 is 0 Å². The topological polar surface area (TPSA) is 52.9 Å². The van der Waals surface area contributed by atoms with Crippen LogP contribution >= 0.6 is 23.4 Å². The molecule has 136 valence electrons. The third-order valence-corrected chi connectivity index (χ3v) is 5.80. The van der Waals surface area contributed by atoms with Gasteiger partial charge in [-0.15, -0.1) is 11.8 Å². The fourth-order valence-electron chi connectivity index (χ4n) is 3.21. The maximum Gasteiger partial charge on any atom is 0.158 e. The molecule has 0 aliphatic carbocycles. The highest BCUT2D eigenvalue weighted by atomic mass is 35.5. The van der Waals surface area contributed by atoms with Gasteiger partial charge in [-0.25, -0.2) is 0 Å². The molecule has 0 radical (unpaired) electrons. The molecule has 1 unspecified atom stereocenters. The molecule has 1 N–H and O–H groups in total. The smallest absolute Gasteiger partial charge is 0.158 e. The molecule has 2 aromatic rings. The Morgan fingerprint density at radius 1 is 1.19 bits per heavy atom. The van der Waals surface area contributed by atoms with E-state index in [-0.39, 0.29) is 11.7 Å². The lowest BCUT2D eigenvalue weighted by molar-refractivity contribution is -0.113. The standard InChI is InChI=1S/C22H19ClN2OS/c1-14-20(15(2)26)21(17-8-10-18(23)11-9-17)19(12-24)22(25-14)27-13-16-6-4-3-5-7-16/h3-11,21,25H,13H2,1-2H3. The van der Waals surface area contributed by atoms with Crippen LogP contribution in [-0.4, -0.2) is 5.78 Å². The van der Waals surface area contributed by atoms with Crippen molar-refractivity contribution < 1.29 is 4.79 Å². The normalized spacial score (nSPS) is 16.7. The molecule has 1 atom stereocenters. The Morgan fingerprint density at radius 2 is 1.85 bits per heavy atom. The zero-order valence-electron chi connectivity index (χ0n) is 15.1. The van der Waals surface area contributed by atoms with Gasteiger partial charge in [0, 0.05) is 22.0 Å². The van der Waals surface area contributed by atoms with E-state index in [4.69, 9.17) is 11.6 Å². The van der Waals surface area contributed by atoms with E-state index in [1.165, 1.54) is 5.56 Å². The number of nitriles is 1. The van der Waals surface area contributed by atoms with Crippen LogP contribution in [0.5, 0.6) is 0 Å². The van der Waals surface area contributed by atoms with Gasteiger partial charge in [0.1, 0.15) is 0 Å². The Bertz CT molecular complexity index is 956. The minimum Gasteiger partial charge on any atom is -0.353 e. The summed E-state index contributed by atoms with van der Waals surface area (Å²) in [6.07, 6.45) is 0. The van der Waals surface area contributed by atoms with Crippen molar-refractivity contribution in [3.63, 3.8) is 0 Å². The first-order valence-electron chi connectivity index (χ1n) is 8.56. The first-order chi connectivity index (χ1) is 13.0. The van der Waals surface area contributed by atoms with Crippen LogP contribution in [0.25, 0.3) is 0 Å². The molecule has 0 saturated heterocycles. The molecule has 0 amide bonds. The van der Waals surface area contributed by atoms with E-state index < -0.39 is 0 Å². The monoisotopic (exact) mass is 394 g/mol. The number of dihydropyridines is 1. The van der Waals surface area contributed by atoms with Gasteiger partial charge in [-0.1, -0.05) is 54.1 Å². The van der Waals surface area contributed by atoms with Gasteiger partial charge in [-0.05, 0) is 37.1 Å². The van der Waals surface area contributed by atoms with Gasteiger partial charge < -0.3 is 5.32 Å². The molecule has 0 bridgehead atoms. The summed E-state index contributed by atoms with van der Waals surface area (Å²) in [6.45, 7) is 3.43. The predicted octanol–water partition coefficient (Wildman–Crippen LogP) is 5.56. The fraction of sp³-hybridized carbons (Fsp3) is 0.182. The second-order valence-electron chi connectivity index (χ2n) is 6.33. The average molecular weight is 395 g/mol. The number of rotatable bonds is 5. The molecule has 3 nitrogen and oxygen atoms in total. The van der Waals surface area contributed by atoms with E-state index in [0.717, 1.165) is 22.0 Å². The quantitative estimate of drug-likeness (QED) is 0.721. The van der Waals surface area contributed by atoms with E-state index in [1.807, 2.05) is 37.3 Å². The average Bonchev–Trinajstić information content (AvgIpc) is 2.67. The number of carbonyl (C=O) groups excluding carboxylic acids is 1. The van der Waals surface area contributed by atoms with Crippen molar-refractivity contribution in [1.82, 2.24) is 5.32 Å². The molecule has 0 fully saturated rings. The van der Waals surface area contributed by atoms with Crippen LogP contribution < -0.4 is 5.32 Å². The number of hydrogen-bond donors (Lipinski definition) is 1. The van der Waals surface area contributed by atoms with Crippen molar-refractivity contribution in [1.29, 1.82) is 5.26 Å². The predicted molar refractivity (Wildman–Crippen MR) is 111 cm³/mol. The summed E-state index contributed by atoms with van der Waals surface area (Å²) in [4.78, 5) is 12.3. The van der Waals surface area contributed by atoms with Crippen LogP contribution in [0.15, 0.2) is 76.5 Å². The molecule has 27 heavy (non-hydrogen) atoms. The number of allylic oxidation sites excluding steroid dienone is 3. The molecule has 0 aromatic heterocycles. The number of hydrogen-bond acceptors (Lipinski definition) is 4. The first-order valence-corrected chi connectivity index (χ1v) is 9.92. The lowest BCUT2D eigenvalue weighted by Crippen LogP contribution is -2.27. The second-order valence-corrected chi connectivity index (χ2v) is 7.76. The molecule has 5 heteroatoms. The molecule has 0 saturated carbocycles. The van der Waals surface area contributed by atoms with Crippen LogP contribution in [0.1, 0.15) is 30.9 Å². The Kier molecular flexibility index (Phi) is 6.05. The molecular weight excluding hydrogens is 376 g/mol. The van der Waals surface area contributed by atoms with Crippen molar-refractivity contribution in [2.24, 2.45) is 0 Å². The van der Waals surface area contributed by atoms with Gasteiger partial charge in [0.15, 0.2) is 5.78 Å². The van der Waals surface area contributed by atoms with Gasteiger partial charge in [0.2, 0.25) is 0 Å². The van der Waals surface area contributed by atoms with Crippen molar-refractivity contribution >= 4 is 29.1 Å². The second kappa shape index (κ2) is 8.47. The Morgan fingerprint density at radius 3 is 2.44 bits per heavy atom. The van der Waals surface area contributed by atoms with E-state index in [2.05, 4.69) is 23.5 Å². The molecule has 3 rings (SSSR count). The summed E-state index contributed by atoms with van der Waals surface area (Å²) >= 11 is 7.60. The zero-order valence-corrected chi connectivity index (χ0v) is 16.7. The van der Waals surface area contributed by atoms with Gasteiger partial charge in [0.25, 0.3) is 0 Å². The fourth-order valence-corrected chi connectivity index (χ4v) is 4.39. The van der Waals surface area contributed by atoms with E-state index >= 15 is 0 Å². The van der Waals surface area contributed by atoms with Crippen LogP contribution in [0.4, 0.5) is 0 Å². The molecule has 0 spiro atoms. The Hall–Kier alpha value is -2.48. The summed E-state index contributed by atoms with van der Waals surface area (Å²) in [5.41, 5.74) is 4.04. The number of nitrogens with one attached hydrogen (secondary N) is 1. The highest BCUT2D eigenvalue weighted by Gasteiger charge is 2.32. The molecule has 1 aliphatic heterocycles. The van der Waals surface area contributed by atoms with Crippen LogP contribution in [0.2, 0.25) is 5.02 Å². The number of Topliss-reactive ketones (excluding diaryl/α,β-unsaturated/α-hetero) is 1. The SMILES string of the molecule is CC(=O)C1=C(C)NC(SCc2ccccc2)=C(C#N)C1c1ccc(Cl)cc1. The first kappa shape index (κ1) is 19.3. The number of benzene rings is 2. The third kappa shape index (κ3) is 4.27. The third-order valence-electron chi connectivity index (χ3n) is 4.46. The number of carbonyl (C=O) groups is 1. The van der Waals surface area contributed by atoms with Gasteiger partial charge in [-0.3, -0.25) is 4.79 Å². The maximum atomic E-state index is 12.3.